The predicted octanol–water partition coefficient (Wildman–Crippen LogP) is 1.86. The predicted molar refractivity (Wildman–Crippen MR) is 73.9 cm³/mol. The number of H-pyrrole nitrogens is 1. The molecule has 0 atom stereocenters. The van der Waals surface area contributed by atoms with Gasteiger partial charge in [0, 0.05) is 18.0 Å². The number of rotatable bonds is 3. The lowest BCUT2D eigenvalue weighted by Crippen LogP contribution is -2.27. The van der Waals surface area contributed by atoms with Gasteiger partial charge in [0.25, 0.3) is 5.56 Å². The van der Waals surface area contributed by atoms with Crippen LogP contribution in [-0.2, 0) is 11.3 Å². The van der Waals surface area contributed by atoms with Crippen LogP contribution in [0.1, 0.15) is 24.0 Å². The lowest BCUT2D eigenvalue weighted by molar-refractivity contribution is -0.122. The Balaban J connectivity index is 1.88. The van der Waals surface area contributed by atoms with Crippen molar-refractivity contribution >= 4 is 16.8 Å². The first-order valence-electron chi connectivity index (χ1n) is 6.54. The number of aromatic nitrogens is 1. The van der Waals surface area contributed by atoms with Crippen LogP contribution in [0, 0.1) is 12.8 Å². The highest BCUT2D eigenvalue weighted by Crippen LogP contribution is 2.28. The smallest absolute Gasteiger partial charge is 0.253 e. The number of hydrogen-bond donors (Lipinski definition) is 2. The molecular weight excluding hydrogens is 240 g/mol. The fourth-order valence-corrected chi connectivity index (χ4v) is 2.23. The van der Waals surface area contributed by atoms with Gasteiger partial charge in [-0.1, -0.05) is 18.2 Å². The van der Waals surface area contributed by atoms with Crippen LogP contribution in [0.15, 0.2) is 29.1 Å². The Morgan fingerprint density at radius 3 is 2.95 bits per heavy atom. The summed E-state index contributed by atoms with van der Waals surface area (Å²) in [5, 5.41) is 3.82. The Labute approximate surface area is 110 Å². The van der Waals surface area contributed by atoms with E-state index in [4.69, 9.17) is 0 Å². The third-order valence-corrected chi connectivity index (χ3v) is 3.57. The van der Waals surface area contributed by atoms with Crippen LogP contribution in [0.2, 0.25) is 0 Å². The molecule has 1 aliphatic carbocycles. The van der Waals surface area contributed by atoms with Gasteiger partial charge in [0.15, 0.2) is 0 Å². The van der Waals surface area contributed by atoms with E-state index >= 15 is 0 Å². The normalized spacial score (nSPS) is 14.6. The monoisotopic (exact) mass is 256 g/mol. The van der Waals surface area contributed by atoms with Gasteiger partial charge in [0.2, 0.25) is 5.91 Å². The van der Waals surface area contributed by atoms with Gasteiger partial charge in [0.1, 0.15) is 0 Å². The van der Waals surface area contributed by atoms with Gasteiger partial charge in [-0.15, -0.1) is 0 Å². The van der Waals surface area contributed by atoms with E-state index in [2.05, 4.69) is 10.3 Å². The fourth-order valence-electron chi connectivity index (χ4n) is 2.23. The van der Waals surface area contributed by atoms with E-state index in [1.54, 1.807) is 0 Å². The zero-order valence-electron chi connectivity index (χ0n) is 10.8. The van der Waals surface area contributed by atoms with Crippen molar-refractivity contribution in [3.05, 3.63) is 45.7 Å². The highest BCUT2D eigenvalue weighted by molar-refractivity contribution is 5.83. The maximum Gasteiger partial charge on any atom is 0.253 e. The molecule has 0 aliphatic heterocycles. The molecule has 98 valence electrons. The molecule has 2 aromatic rings. The maximum atomic E-state index is 12.0. The molecule has 1 fully saturated rings. The molecule has 4 nitrogen and oxygen atoms in total. The number of carbonyl (C=O) groups is 1. The Morgan fingerprint density at radius 2 is 2.21 bits per heavy atom. The summed E-state index contributed by atoms with van der Waals surface area (Å²) in [6, 6.07) is 7.74. The molecule has 1 amide bonds. The molecule has 4 heteroatoms. The minimum absolute atomic E-state index is 0.0590. The topological polar surface area (TPSA) is 62.0 Å². The molecule has 19 heavy (non-hydrogen) atoms. The summed E-state index contributed by atoms with van der Waals surface area (Å²) < 4.78 is 0. The number of aryl methyl sites for hydroxylation is 1. The first-order chi connectivity index (χ1) is 9.15. The number of benzene rings is 1. The van der Waals surface area contributed by atoms with E-state index in [-0.39, 0.29) is 17.4 Å². The number of amides is 1. The Hall–Kier alpha value is -2.10. The molecule has 3 rings (SSSR count). The van der Waals surface area contributed by atoms with Crippen LogP contribution < -0.4 is 10.9 Å². The first-order valence-corrected chi connectivity index (χ1v) is 6.54. The molecule has 1 aromatic heterocycles. The van der Waals surface area contributed by atoms with Gasteiger partial charge in [0.05, 0.1) is 5.52 Å². The number of carbonyl (C=O) groups excluding carboxylic acids is 1. The van der Waals surface area contributed by atoms with E-state index in [1.165, 1.54) is 0 Å². The van der Waals surface area contributed by atoms with Gasteiger partial charge < -0.3 is 10.3 Å². The molecule has 0 radical (unpaired) electrons. The highest BCUT2D eigenvalue weighted by atomic mass is 16.2. The average molecular weight is 256 g/mol. The third-order valence-electron chi connectivity index (χ3n) is 3.57. The number of para-hydroxylation sites is 1. The van der Waals surface area contributed by atoms with Crippen molar-refractivity contribution in [1.82, 2.24) is 10.3 Å². The van der Waals surface area contributed by atoms with Gasteiger partial charge >= 0.3 is 0 Å². The van der Waals surface area contributed by atoms with E-state index in [9.17, 15) is 9.59 Å². The van der Waals surface area contributed by atoms with Crippen molar-refractivity contribution in [1.29, 1.82) is 0 Å². The van der Waals surface area contributed by atoms with Crippen LogP contribution in [0.3, 0.4) is 0 Å². The highest BCUT2D eigenvalue weighted by Gasteiger charge is 2.29. The number of aromatic amines is 1. The molecule has 1 heterocycles. The van der Waals surface area contributed by atoms with Gasteiger partial charge in [-0.05, 0) is 36.8 Å². The molecule has 1 aromatic carbocycles. The summed E-state index contributed by atoms with van der Waals surface area (Å²) in [5.41, 5.74) is 2.39. The summed E-state index contributed by atoms with van der Waals surface area (Å²) in [6.07, 6.45) is 1.94. The van der Waals surface area contributed by atoms with E-state index in [0.717, 1.165) is 29.3 Å². The summed E-state index contributed by atoms with van der Waals surface area (Å²) in [5.74, 6) is 0.227. The second-order valence-corrected chi connectivity index (χ2v) is 5.15. The Bertz CT molecular complexity index is 699. The molecule has 0 bridgehead atoms. The van der Waals surface area contributed by atoms with Crippen molar-refractivity contribution in [3.63, 3.8) is 0 Å². The van der Waals surface area contributed by atoms with E-state index in [1.807, 2.05) is 31.2 Å². The van der Waals surface area contributed by atoms with Gasteiger partial charge in [-0.25, -0.2) is 0 Å². The average Bonchev–Trinajstić information content (AvgIpc) is 3.21. The quantitative estimate of drug-likeness (QED) is 0.880. The van der Waals surface area contributed by atoms with Crippen LogP contribution in [0.4, 0.5) is 0 Å². The van der Waals surface area contributed by atoms with Crippen molar-refractivity contribution in [2.45, 2.75) is 26.3 Å². The molecule has 0 unspecified atom stereocenters. The molecule has 1 aliphatic rings. The Morgan fingerprint density at radius 1 is 1.42 bits per heavy atom. The minimum atomic E-state index is -0.127. The van der Waals surface area contributed by atoms with E-state index < -0.39 is 0 Å². The number of nitrogens with one attached hydrogen (secondary N) is 2. The number of pyridine rings is 1. The van der Waals surface area contributed by atoms with Crippen molar-refractivity contribution in [2.24, 2.45) is 5.92 Å². The standard InChI is InChI=1S/C15H16N2O2/c1-9-3-2-4-11-7-12(15(19)17-13(9)11)8-16-14(18)10-5-6-10/h2-4,7,10H,5-6,8H2,1H3,(H,16,18)(H,17,19). The Kier molecular flexibility index (Phi) is 2.85. The summed E-state index contributed by atoms with van der Waals surface area (Å²) in [7, 11) is 0. The molecule has 2 N–H and O–H groups in total. The van der Waals surface area contributed by atoms with Crippen molar-refractivity contribution in [2.75, 3.05) is 0 Å². The van der Waals surface area contributed by atoms with Crippen LogP contribution in [-0.4, -0.2) is 10.9 Å². The number of fused-ring (bicyclic) bond motifs is 1. The van der Waals surface area contributed by atoms with Gasteiger partial charge in [-0.2, -0.15) is 0 Å². The summed E-state index contributed by atoms with van der Waals surface area (Å²) in [6.45, 7) is 2.27. The minimum Gasteiger partial charge on any atom is -0.352 e. The second kappa shape index (κ2) is 4.53. The number of hydrogen-bond acceptors (Lipinski definition) is 2. The third kappa shape index (κ3) is 2.38. The molecule has 1 saturated carbocycles. The summed E-state index contributed by atoms with van der Waals surface area (Å²) in [4.78, 5) is 26.4. The maximum absolute atomic E-state index is 12.0. The lowest BCUT2D eigenvalue weighted by Gasteiger charge is -2.06. The fraction of sp³-hybridized carbons (Fsp3) is 0.333. The zero-order valence-corrected chi connectivity index (χ0v) is 10.8. The zero-order chi connectivity index (χ0) is 13.4. The van der Waals surface area contributed by atoms with Crippen LogP contribution >= 0.6 is 0 Å². The largest absolute Gasteiger partial charge is 0.352 e. The second-order valence-electron chi connectivity index (χ2n) is 5.15. The van der Waals surface area contributed by atoms with Crippen molar-refractivity contribution in [3.8, 4) is 0 Å². The SMILES string of the molecule is Cc1cccc2cc(CNC(=O)C3CC3)c(=O)[nH]c12. The lowest BCUT2D eigenvalue weighted by atomic mass is 10.1. The molecule has 0 spiro atoms. The van der Waals surface area contributed by atoms with Gasteiger partial charge in [-0.3, -0.25) is 9.59 Å². The first kappa shape index (κ1) is 12.0. The van der Waals surface area contributed by atoms with Crippen molar-refractivity contribution < 1.29 is 4.79 Å². The summed E-state index contributed by atoms with van der Waals surface area (Å²) >= 11 is 0. The van der Waals surface area contributed by atoms with Crippen LogP contribution in [0.25, 0.3) is 10.9 Å². The van der Waals surface area contributed by atoms with Crippen LogP contribution in [0.5, 0.6) is 0 Å². The molecule has 0 saturated heterocycles. The molecular formula is C15H16N2O2. The van der Waals surface area contributed by atoms with E-state index in [0.29, 0.717) is 12.1 Å².